The molecule has 0 aliphatic carbocycles. The van der Waals surface area contributed by atoms with E-state index in [9.17, 15) is 4.79 Å². The van der Waals surface area contributed by atoms with Crippen molar-refractivity contribution in [2.75, 3.05) is 26.7 Å². The summed E-state index contributed by atoms with van der Waals surface area (Å²) in [5.41, 5.74) is 3.24. The van der Waals surface area contributed by atoms with E-state index in [2.05, 4.69) is 15.1 Å². The fourth-order valence-electron chi connectivity index (χ4n) is 5.26. The molecule has 3 aliphatic heterocycles. The summed E-state index contributed by atoms with van der Waals surface area (Å²) in [5.74, 6) is 1.41. The van der Waals surface area contributed by atoms with Crippen molar-refractivity contribution < 1.29 is 9.53 Å². The number of carbonyl (C=O) groups is 1. The number of H-pyrrole nitrogens is 1. The van der Waals surface area contributed by atoms with Gasteiger partial charge in [-0.25, -0.2) is 0 Å². The number of benzene rings is 1. The largest absolute Gasteiger partial charge is 0.488 e. The Balaban J connectivity index is 1.34. The number of hydrogen-bond acceptors (Lipinski definition) is 4. The maximum absolute atomic E-state index is 13.2. The lowest BCUT2D eigenvalue weighted by atomic mass is 9.83. The van der Waals surface area contributed by atoms with Crippen LogP contribution in [-0.4, -0.2) is 58.6 Å². The molecule has 0 unspecified atom stereocenters. The molecule has 1 aromatic heterocycles. The highest BCUT2D eigenvalue weighted by Gasteiger charge is 2.35. The van der Waals surface area contributed by atoms with Crippen LogP contribution >= 0.6 is 0 Å². The molecular weight excluding hydrogens is 352 g/mol. The minimum Gasteiger partial charge on any atom is -0.488 e. The van der Waals surface area contributed by atoms with Gasteiger partial charge in [0.25, 0.3) is 5.91 Å². The molecule has 0 saturated carbocycles. The summed E-state index contributed by atoms with van der Waals surface area (Å²) in [6.07, 6.45) is 6.38. The Morgan fingerprint density at radius 1 is 1.25 bits per heavy atom. The Kier molecular flexibility index (Phi) is 4.59. The lowest BCUT2D eigenvalue weighted by molar-refractivity contribution is 0.0400. The molecule has 6 heteroatoms. The van der Waals surface area contributed by atoms with E-state index >= 15 is 0 Å². The molecule has 1 amide bonds. The third-order valence-electron chi connectivity index (χ3n) is 6.68. The van der Waals surface area contributed by atoms with Crippen molar-refractivity contribution in [3.05, 3.63) is 35.5 Å². The van der Waals surface area contributed by atoms with Gasteiger partial charge in [0, 0.05) is 30.8 Å². The molecule has 4 heterocycles. The average molecular weight is 380 g/mol. The van der Waals surface area contributed by atoms with Crippen LogP contribution in [0.25, 0.3) is 11.3 Å². The fourth-order valence-corrected chi connectivity index (χ4v) is 5.26. The van der Waals surface area contributed by atoms with Crippen molar-refractivity contribution in [2.45, 2.75) is 44.8 Å². The van der Waals surface area contributed by atoms with Gasteiger partial charge in [-0.2, -0.15) is 5.10 Å². The van der Waals surface area contributed by atoms with E-state index in [4.69, 9.17) is 4.74 Å². The first-order valence-corrected chi connectivity index (χ1v) is 10.5. The molecule has 0 bridgehead atoms. The van der Waals surface area contributed by atoms with Crippen molar-refractivity contribution >= 4 is 5.91 Å². The number of aromatic amines is 1. The number of piperidine rings is 2. The predicted molar refractivity (Wildman–Crippen MR) is 107 cm³/mol. The van der Waals surface area contributed by atoms with E-state index in [0.29, 0.717) is 24.3 Å². The van der Waals surface area contributed by atoms with E-state index in [1.54, 1.807) is 0 Å². The van der Waals surface area contributed by atoms with Crippen LogP contribution in [0.5, 0.6) is 5.75 Å². The van der Waals surface area contributed by atoms with Crippen LogP contribution in [0.3, 0.4) is 0 Å². The van der Waals surface area contributed by atoms with Crippen molar-refractivity contribution in [3.8, 4) is 17.0 Å². The lowest BCUT2D eigenvalue weighted by Gasteiger charge is -2.45. The molecule has 2 fully saturated rings. The van der Waals surface area contributed by atoms with Crippen molar-refractivity contribution in [2.24, 2.45) is 5.92 Å². The second kappa shape index (κ2) is 7.24. The van der Waals surface area contributed by atoms with Crippen LogP contribution in [0.4, 0.5) is 0 Å². The first-order chi connectivity index (χ1) is 13.7. The van der Waals surface area contributed by atoms with Gasteiger partial charge in [0.05, 0.1) is 0 Å². The van der Waals surface area contributed by atoms with Crippen molar-refractivity contribution in [1.82, 2.24) is 20.0 Å². The van der Waals surface area contributed by atoms with Crippen LogP contribution < -0.4 is 4.74 Å². The Morgan fingerprint density at radius 3 is 3.04 bits per heavy atom. The van der Waals surface area contributed by atoms with Gasteiger partial charge in [0.2, 0.25) is 0 Å². The second-order valence-electron chi connectivity index (χ2n) is 8.40. The summed E-state index contributed by atoms with van der Waals surface area (Å²) >= 11 is 0. The Bertz CT molecular complexity index is 875. The lowest BCUT2D eigenvalue weighted by Crippen LogP contribution is -2.51. The van der Waals surface area contributed by atoms with E-state index in [-0.39, 0.29) is 5.91 Å². The van der Waals surface area contributed by atoms with Crippen molar-refractivity contribution in [1.29, 1.82) is 0 Å². The van der Waals surface area contributed by atoms with Gasteiger partial charge in [-0.1, -0.05) is 18.6 Å². The van der Waals surface area contributed by atoms with Gasteiger partial charge >= 0.3 is 0 Å². The monoisotopic (exact) mass is 380 g/mol. The van der Waals surface area contributed by atoms with E-state index in [1.165, 1.54) is 45.2 Å². The summed E-state index contributed by atoms with van der Waals surface area (Å²) in [7, 11) is 1.93. The Labute approximate surface area is 165 Å². The van der Waals surface area contributed by atoms with E-state index in [0.717, 1.165) is 29.1 Å². The summed E-state index contributed by atoms with van der Waals surface area (Å²) in [6, 6.07) is 8.50. The van der Waals surface area contributed by atoms with Gasteiger partial charge in [-0.15, -0.1) is 0 Å². The smallest absolute Gasteiger partial charge is 0.272 e. The molecule has 6 nitrogen and oxygen atoms in total. The highest BCUT2D eigenvalue weighted by molar-refractivity contribution is 5.96. The zero-order chi connectivity index (χ0) is 19.1. The quantitative estimate of drug-likeness (QED) is 0.887. The second-order valence-corrected chi connectivity index (χ2v) is 8.40. The number of hydrogen-bond donors (Lipinski definition) is 1. The van der Waals surface area contributed by atoms with E-state index in [1.807, 2.05) is 36.2 Å². The molecule has 148 valence electrons. The van der Waals surface area contributed by atoms with Gasteiger partial charge in [-0.05, 0) is 56.8 Å². The normalized spacial score (nSPS) is 23.9. The molecule has 0 radical (unpaired) electrons. The standard InChI is InChI=1S/C22H28N4O2/c1-25(13-15-7-6-12-26-11-5-4-9-18(15)26)22(27)21-17-14-28-19-10-3-2-8-16(19)20(17)23-24-21/h2-3,8,10,15,18H,4-7,9,11-14H2,1H3,(H,23,24)/t15-,18-/m1/s1. The zero-order valence-electron chi connectivity index (χ0n) is 16.5. The minimum atomic E-state index is 0.0182. The van der Waals surface area contributed by atoms with E-state index < -0.39 is 0 Å². The van der Waals surface area contributed by atoms with Crippen LogP contribution in [0, 0.1) is 5.92 Å². The number of aromatic nitrogens is 2. The SMILES string of the molecule is CN(C[C@H]1CCCN2CCCC[C@H]12)C(=O)c1[nH]nc2c1COc1ccccc1-2. The van der Waals surface area contributed by atoms with Crippen LogP contribution in [0.2, 0.25) is 0 Å². The number of fused-ring (bicyclic) bond motifs is 4. The molecule has 0 spiro atoms. The molecule has 2 aromatic rings. The highest BCUT2D eigenvalue weighted by Crippen LogP contribution is 2.37. The van der Waals surface area contributed by atoms with Crippen LogP contribution in [0.1, 0.15) is 48.2 Å². The van der Waals surface area contributed by atoms with Crippen LogP contribution in [-0.2, 0) is 6.61 Å². The highest BCUT2D eigenvalue weighted by atomic mass is 16.5. The molecule has 5 rings (SSSR count). The first-order valence-electron chi connectivity index (χ1n) is 10.5. The van der Waals surface area contributed by atoms with Gasteiger partial charge < -0.3 is 14.5 Å². The summed E-state index contributed by atoms with van der Waals surface area (Å²) in [6.45, 7) is 3.65. The predicted octanol–water partition coefficient (Wildman–Crippen LogP) is 3.31. The summed E-state index contributed by atoms with van der Waals surface area (Å²) in [5, 5.41) is 7.45. The van der Waals surface area contributed by atoms with Gasteiger partial charge in [0.15, 0.2) is 0 Å². The number of ether oxygens (including phenoxy) is 1. The summed E-state index contributed by atoms with van der Waals surface area (Å²) in [4.78, 5) is 17.7. The molecule has 2 atom stereocenters. The minimum absolute atomic E-state index is 0.0182. The molecule has 1 N–H and O–H groups in total. The first kappa shape index (κ1) is 17.7. The molecular formula is C22H28N4O2. The average Bonchev–Trinajstić information content (AvgIpc) is 3.18. The number of nitrogens with one attached hydrogen (secondary N) is 1. The maximum atomic E-state index is 13.2. The maximum Gasteiger partial charge on any atom is 0.272 e. The number of para-hydroxylation sites is 1. The van der Waals surface area contributed by atoms with Crippen LogP contribution in [0.15, 0.2) is 24.3 Å². The third-order valence-corrected chi connectivity index (χ3v) is 6.68. The topological polar surface area (TPSA) is 61.5 Å². The molecule has 2 saturated heterocycles. The van der Waals surface area contributed by atoms with Crippen molar-refractivity contribution in [3.63, 3.8) is 0 Å². The number of carbonyl (C=O) groups excluding carboxylic acids is 1. The Morgan fingerprint density at radius 2 is 2.11 bits per heavy atom. The van der Waals surface area contributed by atoms with Gasteiger partial charge in [0.1, 0.15) is 23.7 Å². The summed E-state index contributed by atoms with van der Waals surface area (Å²) < 4.78 is 5.86. The number of nitrogens with zero attached hydrogens (tertiary/aromatic N) is 3. The molecule has 3 aliphatic rings. The molecule has 28 heavy (non-hydrogen) atoms. The Hall–Kier alpha value is -2.34. The van der Waals surface area contributed by atoms with Gasteiger partial charge in [-0.3, -0.25) is 9.89 Å². The fraction of sp³-hybridized carbons (Fsp3) is 0.545. The zero-order valence-corrected chi connectivity index (χ0v) is 16.5. The number of amides is 1. The number of rotatable bonds is 3. The third kappa shape index (κ3) is 3.00. The molecule has 1 aromatic carbocycles.